The van der Waals surface area contributed by atoms with Crippen molar-refractivity contribution >= 4 is 5.91 Å². The minimum Gasteiger partial charge on any atom is -0.383 e. The van der Waals surface area contributed by atoms with Crippen molar-refractivity contribution in [2.45, 2.75) is 0 Å². The van der Waals surface area contributed by atoms with Crippen LogP contribution in [0.15, 0.2) is 12.3 Å². The highest BCUT2D eigenvalue weighted by molar-refractivity contribution is 5.92. The van der Waals surface area contributed by atoms with E-state index in [1.807, 2.05) is 0 Å². The summed E-state index contributed by atoms with van der Waals surface area (Å²) >= 11 is 0. The van der Waals surface area contributed by atoms with Crippen LogP contribution in [-0.4, -0.2) is 54.4 Å². The van der Waals surface area contributed by atoms with Crippen LogP contribution in [0.25, 0.3) is 0 Å². The minimum atomic E-state index is -0.102. The highest BCUT2D eigenvalue weighted by atomic mass is 16.5. The monoisotopic (exact) mass is 212 g/mol. The Balaban J connectivity index is 2.58. The molecular formula is C9H16N4O2. The summed E-state index contributed by atoms with van der Waals surface area (Å²) in [6.45, 7) is 1.98. The number of carbonyl (C=O) groups excluding carboxylic acids is 1. The first-order chi connectivity index (χ1) is 7.29. The van der Waals surface area contributed by atoms with Crippen molar-refractivity contribution in [1.82, 2.24) is 15.1 Å². The van der Waals surface area contributed by atoms with Crippen molar-refractivity contribution in [3.8, 4) is 0 Å². The number of aromatic amines is 1. The van der Waals surface area contributed by atoms with Crippen LogP contribution in [-0.2, 0) is 4.74 Å². The lowest BCUT2D eigenvalue weighted by atomic mass is 10.3. The predicted octanol–water partition coefficient (Wildman–Crippen LogP) is -0.543. The lowest BCUT2D eigenvalue weighted by molar-refractivity contribution is 0.0695. The predicted molar refractivity (Wildman–Crippen MR) is 55.4 cm³/mol. The molecule has 0 aromatic carbocycles. The molecule has 0 aliphatic rings. The van der Waals surface area contributed by atoms with Gasteiger partial charge in [0.05, 0.1) is 6.61 Å². The lowest BCUT2D eigenvalue weighted by Crippen LogP contribution is -2.37. The van der Waals surface area contributed by atoms with Crippen LogP contribution in [0.1, 0.15) is 10.5 Å². The molecule has 15 heavy (non-hydrogen) atoms. The Kier molecular flexibility index (Phi) is 4.79. The molecule has 0 spiro atoms. The van der Waals surface area contributed by atoms with Gasteiger partial charge in [-0.25, -0.2) is 0 Å². The fraction of sp³-hybridized carbons (Fsp3) is 0.556. The van der Waals surface area contributed by atoms with Crippen LogP contribution in [0.2, 0.25) is 0 Å². The Morgan fingerprint density at radius 3 is 3.00 bits per heavy atom. The molecule has 1 heterocycles. The Labute approximate surface area is 88.4 Å². The molecule has 1 amide bonds. The molecule has 0 fully saturated rings. The summed E-state index contributed by atoms with van der Waals surface area (Å²) in [6.07, 6.45) is 1.55. The average Bonchev–Trinajstić information content (AvgIpc) is 2.76. The third-order valence-electron chi connectivity index (χ3n) is 1.98. The molecule has 0 aliphatic carbocycles. The van der Waals surface area contributed by atoms with Crippen molar-refractivity contribution in [3.63, 3.8) is 0 Å². The largest absolute Gasteiger partial charge is 0.383 e. The second-order valence-corrected chi connectivity index (χ2v) is 3.04. The number of methoxy groups -OCH3 is 1. The van der Waals surface area contributed by atoms with Crippen LogP contribution in [0.5, 0.6) is 0 Å². The highest BCUT2D eigenvalue weighted by Gasteiger charge is 2.15. The van der Waals surface area contributed by atoms with E-state index in [1.54, 1.807) is 24.3 Å². The molecule has 0 unspecified atom stereocenters. The van der Waals surface area contributed by atoms with Gasteiger partial charge >= 0.3 is 0 Å². The fourth-order valence-electron chi connectivity index (χ4n) is 1.22. The molecule has 1 aromatic rings. The Hall–Kier alpha value is -1.40. The molecular weight excluding hydrogens is 196 g/mol. The number of nitrogens with zero attached hydrogens (tertiary/aromatic N) is 2. The molecule has 0 saturated carbocycles. The molecule has 0 bridgehead atoms. The first kappa shape index (κ1) is 11.7. The van der Waals surface area contributed by atoms with Crippen molar-refractivity contribution < 1.29 is 9.53 Å². The van der Waals surface area contributed by atoms with Gasteiger partial charge in [0, 0.05) is 32.9 Å². The number of aromatic nitrogens is 2. The zero-order valence-corrected chi connectivity index (χ0v) is 8.77. The first-order valence-electron chi connectivity index (χ1n) is 4.77. The number of nitrogens with one attached hydrogen (secondary N) is 1. The normalized spacial score (nSPS) is 10.3. The Morgan fingerprint density at radius 1 is 1.67 bits per heavy atom. The van der Waals surface area contributed by atoms with E-state index in [0.717, 1.165) is 0 Å². The maximum Gasteiger partial charge on any atom is 0.271 e. The first-order valence-corrected chi connectivity index (χ1v) is 4.77. The highest BCUT2D eigenvalue weighted by Crippen LogP contribution is 1.99. The molecule has 6 heteroatoms. The number of hydrogen-bond acceptors (Lipinski definition) is 4. The topological polar surface area (TPSA) is 84.2 Å². The van der Waals surface area contributed by atoms with E-state index in [1.165, 1.54) is 0 Å². The van der Waals surface area contributed by atoms with Crippen LogP contribution >= 0.6 is 0 Å². The standard InChI is InChI=1S/C9H16N4O2/c1-15-7-6-13(5-3-10)9(14)8-2-4-11-12-8/h2,4H,3,5-7,10H2,1H3,(H,11,12). The van der Waals surface area contributed by atoms with Gasteiger partial charge in [0.25, 0.3) is 5.91 Å². The fourth-order valence-corrected chi connectivity index (χ4v) is 1.22. The molecule has 1 aromatic heterocycles. The van der Waals surface area contributed by atoms with E-state index in [-0.39, 0.29) is 5.91 Å². The molecule has 3 N–H and O–H groups in total. The van der Waals surface area contributed by atoms with Gasteiger partial charge in [-0.1, -0.05) is 0 Å². The number of H-pyrrole nitrogens is 1. The van der Waals surface area contributed by atoms with E-state index in [0.29, 0.717) is 31.9 Å². The Bertz CT molecular complexity index is 286. The summed E-state index contributed by atoms with van der Waals surface area (Å²) in [5.41, 5.74) is 5.90. The summed E-state index contributed by atoms with van der Waals surface area (Å²) < 4.78 is 4.93. The van der Waals surface area contributed by atoms with E-state index < -0.39 is 0 Å². The van der Waals surface area contributed by atoms with E-state index in [9.17, 15) is 4.79 Å². The van der Waals surface area contributed by atoms with Crippen LogP contribution < -0.4 is 5.73 Å². The van der Waals surface area contributed by atoms with Crippen LogP contribution in [0.3, 0.4) is 0 Å². The van der Waals surface area contributed by atoms with Gasteiger partial charge in [0.15, 0.2) is 0 Å². The van der Waals surface area contributed by atoms with Gasteiger partial charge in [-0.2, -0.15) is 5.10 Å². The molecule has 0 saturated heterocycles. The lowest BCUT2D eigenvalue weighted by Gasteiger charge is -2.20. The molecule has 1 rings (SSSR count). The number of rotatable bonds is 6. The summed E-state index contributed by atoms with van der Waals surface area (Å²) in [7, 11) is 1.60. The van der Waals surface area contributed by atoms with E-state index in [2.05, 4.69) is 10.2 Å². The molecule has 0 aliphatic heterocycles. The van der Waals surface area contributed by atoms with Gasteiger partial charge < -0.3 is 15.4 Å². The van der Waals surface area contributed by atoms with Gasteiger partial charge in [0.2, 0.25) is 0 Å². The zero-order valence-electron chi connectivity index (χ0n) is 8.77. The SMILES string of the molecule is COCCN(CCN)C(=O)c1ccn[nH]1. The molecule has 0 atom stereocenters. The van der Waals surface area contributed by atoms with E-state index >= 15 is 0 Å². The van der Waals surface area contributed by atoms with Crippen molar-refractivity contribution in [1.29, 1.82) is 0 Å². The zero-order chi connectivity index (χ0) is 11.1. The van der Waals surface area contributed by atoms with E-state index in [4.69, 9.17) is 10.5 Å². The third kappa shape index (κ3) is 3.34. The number of hydrogen-bond donors (Lipinski definition) is 2. The number of nitrogens with two attached hydrogens (primary N) is 1. The Morgan fingerprint density at radius 2 is 2.47 bits per heavy atom. The van der Waals surface area contributed by atoms with Gasteiger partial charge in [-0.05, 0) is 6.07 Å². The quantitative estimate of drug-likeness (QED) is 0.663. The van der Waals surface area contributed by atoms with Gasteiger partial charge in [-0.15, -0.1) is 0 Å². The van der Waals surface area contributed by atoms with Crippen molar-refractivity contribution in [2.75, 3.05) is 33.4 Å². The molecule has 84 valence electrons. The summed E-state index contributed by atoms with van der Waals surface area (Å²) in [4.78, 5) is 13.5. The number of carbonyl (C=O) groups is 1. The maximum atomic E-state index is 11.8. The number of amides is 1. The summed E-state index contributed by atoms with van der Waals surface area (Å²) in [6, 6.07) is 1.64. The maximum absolute atomic E-state index is 11.8. The van der Waals surface area contributed by atoms with Gasteiger partial charge in [0.1, 0.15) is 5.69 Å². The van der Waals surface area contributed by atoms with Crippen molar-refractivity contribution in [2.24, 2.45) is 5.73 Å². The molecule has 6 nitrogen and oxygen atoms in total. The third-order valence-corrected chi connectivity index (χ3v) is 1.98. The smallest absolute Gasteiger partial charge is 0.271 e. The minimum absolute atomic E-state index is 0.102. The molecule has 0 radical (unpaired) electrons. The second-order valence-electron chi connectivity index (χ2n) is 3.04. The van der Waals surface area contributed by atoms with Crippen LogP contribution in [0.4, 0.5) is 0 Å². The van der Waals surface area contributed by atoms with Crippen LogP contribution in [0, 0.1) is 0 Å². The van der Waals surface area contributed by atoms with Gasteiger partial charge in [-0.3, -0.25) is 9.89 Å². The average molecular weight is 212 g/mol. The second kappa shape index (κ2) is 6.15. The van der Waals surface area contributed by atoms with Crippen molar-refractivity contribution in [3.05, 3.63) is 18.0 Å². The summed E-state index contributed by atoms with van der Waals surface area (Å²) in [5, 5.41) is 6.36. The number of ether oxygens (including phenoxy) is 1. The summed E-state index contributed by atoms with van der Waals surface area (Å²) in [5.74, 6) is -0.102.